The summed E-state index contributed by atoms with van der Waals surface area (Å²) in [7, 11) is 0. The van der Waals surface area contributed by atoms with E-state index in [0.717, 1.165) is 11.5 Å². The van der Waals surface area contributed by atoms with Crippen LogP contribution in [0, 0.1) is 0 Å². The molecule has 0 saturated heterocycles. The van der Waals surface area contributed by atoms with Crippen LogP contribution in [0.15, 0.2) is 24.3 Å². The minimum atomic E-state index is -1.18. The Morgan fingerprint density at radius 1 is 1.16 bits per heavy atom. The van der Waals surface area contributed by atoms with Crippen molar-refractivity contribution in [3.8, 4) is 0 Å². The molecule has 0 aliphatic carbocycles. The highest BCUT2D eigenvalue weighted by Gasteiger charge is 2.30. The van der Waals surface area contributed by atoms with E-state index in [9.17, 15) is 9.59 Å². The third-order valence-electron chi connectivity index (χ3n) is 2.92. The zero-order valence-electron chi connectivity index (χ0n) is 13.6. The number of ether oxygens (including phenoxy) is 1. The smallest absolute Gasteiger partial charge is 0.360 e. The molecule has 0 spiro atoms. The van der Waals surface area contributed by atoms with Crippen molar-refractivity contribution >= 4 is 58.2 Å². The molecule has 0 saturated carbocycles. The molecule has 5 nitrogen and oxygen atoms in total. The normalized spacial score (nSPS) is 12.6. The van der Waals surface area contributed by atoms with Crippen molar-refractivity contribution in [3.05, 3.63) is 49.9 Å². The van der Waals surface area contributed by atoms with Gasteiger partial charge in [0.1, 0.15) is 9.36 Å². The fourth-order valence-corrected chi connectivity index (χ4v) is 3.00. The van der Waals surface area contributed by atoms with Gasteiger partial charge in [-0.2, -0.15) is 4.37 Å². The molecule has 0 bridgehead atoms. The molecular formula is C16H15Cl3N2O3S. The third-order valence-corrected chi connectivity index (χ3v) is 4.79. The van der Waals surface area contributed by atoms with Crippen molar-refractivity contribution in [2.45, 2.75) is 32.4 Å². The van der Waals surface area contributed by atoms with Crippen molar-refractivity contribution in [2.75, 3.05) is 0 Å². The predicted molar refractivity (Wildman–Crippen MR) is 99.6 cm³/mol. The minimum absolute atomic E-state index is 0.00255. The van der Waals surface area contributed by atoms with E-state index >= 15 is 0 Å². The second-order valence-corrected chi connectivity index (χ2v) is 8.38. The Hall–Kier alpha value is -1.34. The lowest BCUT2D eigenvalue weighted by Gasteiger charge is -2.25. The van der Waals surface area contributed by atoms with Gasteiger partial charge in [0.15, 0.2) is 5.69 Å². The van der Waals surface area contributed by atoms with Crippen molar-refractivity contribution in [1.29, 1.82) is 0 Å². The van der Waals surface area contributed by atoms with E-state index in [2.05, 4.69) is 9.69 Å². The molecule has 134 valence electrons. The minimum Gasteiger partial charge on any atom is -0.442 e. The first-order valence-corrected chi connectivity index (χ1v) is 9.08. The summed E-state index contributed by atoms with van der Waals surface area (Å²) >= 11 is 18.5. The highest BCUT2D eigenvalue weighted by molar-refractivity contribution is 7.11. The second kappa shape index (κ2) is 7.91. The third kappa shape index (κ3) is 5.31. The van der Waals surface area contributed by atoms with Crippen LogP contribution in [0.3, 0.4) is 0 Å². The largest absolute Gasteiger partial charge is 0.442 e. The lowest BCUT2D eigenvalue weighted by atomic mass is 10.1. The van der Waals surface area contributed by atoms with E-state index < -0.39 is 23.5 Å². The van der Waals surface area contributed by atoms with Crippen LogP contribution in [-0.2, 0) is 9.53 Å². The molecule has 0 aliphatic rings. The van der Waals surface area contributed by atoms with Crippen LogP contribution in [0.5, 0.6) is 0 Å². The highest BCUT2D eigenvalue weighted by atomic mass is 35.5. The van der Waals surface area contributed by atoms with Crippen LogP contribution in [0.2, 0.25) is 14.4 Å². The number of aromatic nitrogens is 1. The van der Waals surface area contributed by atoms with Crippen LogP contribution in [0.4, 0.5) is 0 Å². The number of rotatable bonds is 4. The molecule has 2 aromatic rings. The van der Waals surface area contributed by atoms with Gasteiger partial charge in [-0.1, -0.05) is 46.9 Å². The fraction of sp³-hybridized carbons (Fsp3) is 0.312. The Bertz CT molecular complexity index is 785. The number of amides is 1. The molecule has 0 aliphatic heterocycles. The number of benzene rings is 1. The predicted octanol–water partition coefficient (Wildman–Crippen LogP) is 4.92. The van der Waals surface area contributed by atoms with E-state index in [1.165, 1.54) is 0 Å². The standard InChI is InChI=1S/C16H15Cl3N2O3S/c1-16(2,3)20-14(22)12(8-4-6-9(17)7-5-8)24-15(23)11-10(18)13(19)25-21-11/h4-7,12H,1-3H3,(H,20,22)/t12-/m0/s1. The number of carbonyl (C=O) groups excluding carboxylic acids is 2. The summed E-state index contributed by atoms with van der Waals surface area (Å²) in [5, 5.41) is 3.28. The molecule has 0 fully saturated rings. The Labute approximate surface area is 164 Å². The van der Waals surface area contributed by atoms with Gasteiger partial charge < -0.3 is 10.1 Å². The first-order chi connectivity index (χ1) is 11.6. The number of halogens is 3. The van der Waals surface area contributed by atoms with Gasteiger partial charge in [-0.05, 0) is 44.4 Å². The topological polar surface area (TPSA) is 68.3 Å². The molecule has 0 unspecified atom stereocenters. The van der Waals surface area contributed by atoms with Crippen LogP contribution in [-0.4, -0.2) is 21.8 Å². The van der Waals surface area contributed by atoms with Gasteiger partial charge in [-0.25, -0.2) is 4.79 Å². The molecule has 1 heterocycles. The van der Waals surface area contributed by atoms with Crippen LogP contribution in [0.25, 0.3) is 0 Å². The van der Waals surface area contributed by atoms with Crippen molar-refractivity contribution in [3.63, 3.8) is 0 Å². The van der Waals surface area contributed by atoms with Gasteiger partial charge in [0, 0.05) is 16.1 Å². The maximum atomic E-state index is 12.6. The number of nitrogens with zero attached hydrogens (tertiary/aromatic N) is 1. The lowest BCUT2D eigenvalue weighted by molar-refractivity contribution is -0.131. The Balaban J connectivity index is 2.31. The van der Waals surface area contributed by atoms with E-state index in [0.29, 0.717) is 10.6 Å². The molecule has 1 aromatic carbocycles. The quantitative estimate of drug-likeness (QED) is 0.712. The summed E-state index contributed by atoms with van der Waals surface area (Å²) in [4.78, 5) is 25.0. The Morgan fingerprint density at radius 2 is 1.76 bits per heavy atom. The van der Waals surface area contributed by atoms with Gasteiger partial charge in [0.25, 0.3) is 5.91 Å². The van der Waals surface area contributed by atoms with Crippen LogP contribution in [0.1, 0.15) is 42.9 Å². The maximum absolute atomic E-state index is 12.6. The monoisotopic (exact) mass is 420 g/mol. The molecule has 9 heteroatoms. The van der Waals surface area contributed by atoms with E-state index in [1.807, 2.05) is 20.8 Å². The lowest BCUT2D eigenvalue weighted by Crippen LogP contribution is -2.44. The molecule has 1 amide bonds. The van der Waals surface area contributed by atoms with E-state index in [1.54, 1.807) is 24.3 Å². The number of esters is 1. The van der Waals surface area contributed by atoms with Crippen molar-refractivity contribution < 1.29 is 14.3 Å². The van der Waals surface area contributed by atoms with Crippen molar-refractivity contribution in [2.24, 2.45) is 0 Å². The number of hydrogen-bond donors (Lipinski definition) is 1. The average Bonchev–Trinajstić information content (AvgIpc) is 2.84. The summed E-state index contributed by atoms with van der Waals surface area (Å²) in [6.45, 7) is 5.47. The maximum Gasteiger partial charge on any atom is 0.360 e. The molecule has 1 aromatic heterocycles. The Kier molecular flexibility index (Phi) is 6.32. The summed E-state index contributed by atoms with van der Waals surface area (Å²) in [5.74, 6) is -1.31. The molecule has 25 heavy (non-hydrogen) atoms. The summed E-state index contributed by atoms with van der Waals surface area (Å²) in [6, 6.07) is 6.43. The Morgan fingerprint density at radius 3 is 2.24 bits per heavy atom. The second-order valence-electron chi connectivity index (χ2n) is 6.20. The van der Waals surface area contributed by atoms with E-state index in [-0.39, 0.29) is 15.1 Å². The van der Waals surface area contributed by atoms with Gasteiger partial charge in [0.2, 0.25) is 6.10 Å². The number of carbonyl (C=O) groups is 2. The van der Waals surface area contributed by atoms with Gasteiger partial charge in [-0.15, -0.1) is 0 Å². The van der Waals surface area contributed by atoms with Crippen molar-refractivity contribution in [1.82, 2.24) is 9.69 Å². The first kappa shape index (κ1) is 20.0. The van der Waals surface area contributed by atoms with Gasteiger partial charge >= 0.3 is 5.97 Å². The van der Waals surface area contributed by atoms with Crippen LogP contribution < -0.4 is 5.32 Å². The molecule has 1 N–H and O–H groups in total. The summed E-state index contributed by atoms with van der Waals surface area (Å²) in [6.07, 6.45) is -1.18. The molecule has 1 atom stereocenters. The molecule has 2 rings (SSSR count). The first-order valence-electron chi connectivity index (χ1n) is 7.17. The zero-order valence-corrected chi connectivity index (χ0v) is 16.7. The van der Waals surface area contributed by atoms with Gasteiger partial charge in [-0.3, -0.25) is 4.79 Å². The number of hydrogen-bond acceptors (Lipinski definition) is 5. The summed E-state index contributed by atoms with van der Waals surface area (Å²) in [5.41, 5.74) is -0.161. The molecule has 0 radical (unpaired) electrons. The number of nitrogens with one attached hydrogen (secondary N) is 1. The highest BCUT2D eigenvalue weighted by Crippen LogP contribution is 2.31. The average molecular weight is 422 g/mol. The van der Waals surface area contributed by atoms with Crippen LogP contribution >= 0.6 is 46.3 Å². The van der Waals surface area contributed by atoms with Gasteiger partial charge in [0.05, 0.1) is 0 Å². The molecular weight excluding hydrogens is 407 g/mol. The SMILES string of the molecule is CC(C)(C)NC(=O)[C@@H](OC(=O)c1nsc(Cl)c1Cl)c1ccc(Cl)cc1. The summed E-state index contributed by atoms with van der Waals surface area (Å²) < 4.78 is 9.41. The fourth-order valence-electron chi connectivity index (χ4n) is 1.89. The van der Waals surface area contributed by atoms with E-state index in [4.69, 9.17) is 39.5 Å². The zero-order chi connectivity index (χ0) is 18.8.